The quantitative estimate of drug-likeness (QED) is 0.343. The van der Waals surface area contributed by atoms with Crippen LogP contribution in [0, 0.1) is 6.92 Å². The molecule has 0 unspecified atom stereocenters. The van der Waals surface area contributed by atoms with E-state index < -0.39 is 0 Å². The average Bonchev–Trinajstić information content (AvgIpc) is 3.62. The van der Waals surface area contributed by atoms with Gasteiger partial charge in [0.2, 0.25) is 12.7 Å². The first-order chi connectivity index (χ1) is 17.0. The zero-order valence-corrected chi connectivity index (χ0v) is 20.8. The van der Waals surface area contributed by atoms with Gasteiger partial charge in [0, 0.05) is 31.2 Å². The highest BCUT2D eigenvalue weighted by atomic mass is 32.1. The van der Waals surface area contributed by atoms with E-state index in [1.54, 1.807) is 28.4 Å². The summed E-state index contributed by atoms with van der Waals surface area (Å²) in [5.74, 6) is 1.13. The van der Waals surface area contributed by atoms with Crippen molar-refractivity contribution in [3.05, 3.63) is 69.8 Å². The van der Waals surface area contributed by atoms with Crippen molar-refractivity contribution in [2.45, 2.75) is 33.4 Å². The second-order valence-corrected chi connectivity index (χ2v) is 9.22. The normalized spacial score (nSPS) is 12.1. The van der Waals surface area contributed by atoms with Crippen LogP contribution in [-0.2, 0) is 22.6 Å². The summed E-state index contributed by atoms with van der Waals surface area (Å²) in [5.41, 5.74) is 2.07. The van der Waals surface area contributed by atoms with Crippen molar-refractivity contribution in [1.82, 2.24) is 9.80 Å². The zero-order chi connectivity index (χ0) is 24.6. The van der Waals surface area contributed by atoms with Crippen LogP contribution in [-0.4, -0.2) is 54.7 Å². The largest absolute Gasteiger partial charge is 0.459 e. The number of carbonyl (C=O) groups excluding carboxylic acids is 2. The minimum Gasteiger partial charge on any atom is -0.459 e. The molecule has 3 aromatic rings. The minimum absolute atomic E-state index is 0.0549. The Morgan fingerprint density at radius 2 is 1.94 bits per heavy atom. The summed E-state index contributed by atoms with van der Waals surface area (Å²) < 4.78 is 21.7. The first-order valence-corrected chi connectivity index (χ1v) is 12.5. The number of carbonyl (C=O) groups is 2. The fraction of sp³-hybridized carbons (Fsp3) is 0.385. The number of nitrogens with zero attached hydrogens (tertiary/aromatic N) is 2. The maximum absolute atomic E-state index is 13.6. The number of aryl methyl sites for hydroxylation is 1. The zero-order valence-electron chi connectivity index (χ0n) is 20.0. The van der Waals surface area contributed by atoms with E-state index in [0.29, 0.717) is 50.8 Å². The molecule has 0 saturated heterocycles. The van der Waals surface area contributed by atoms with Crippen molar-refractivity contribution in [2.24, 2.45) is 0 Å². The lowest BCUT2D eigenvalue weighted by atomic mass is 10.1. The van der Waals surface area contributed by atoms with Gasteiger partial charge < -0.3 is 28.4 Å². The van der Waals surface area contributed by atoms with Gasteiger partial charge in [-0.2, -0.15) is 0 Å². The number of fused-ring (bicyclic) bond motifs is 1. The molecule has 9 heteroatoms. The van der Waals surface area contributed by atoms with Gasteiger partial charge in [0.15, 0.2) is 17.3 Å². The highest BCUT2D eigenvalue weighted by molar-refractivity contribution is 7.10. The standard InChI is InChI=1S/C26H30N2O6S/c1-3-31-11-5-10-27(26(30)22-6-4-12-32-22)17-25(29)28(16-24-19(2)9-13-35-24)15-20-7-8-21-23(14-20)34-18-33-21/h4,6-9,12-14H,3,5,10-11,15-18H2,1-2H3. The number of ether oxygens (including phenoxy) is 3. The van der Waals surface area contributed by atoms with Crippen molar-refractivity contribution in [2.75, 3.05) is 33.1 Å². The summed E-state index contributed by atoms with van der Waals surface area (Å²) >= 11 is 1.62. The van der Waals surface area contributed by atoms with Crippen LogP contribution in [0.15, 0.2) is 52.5 Å². The van der Waals surface area contributed by atoms with Crippen LogP contribution in [0.3, 0.4) is 0 Å². The molecule has 0 saturated carbocycles. The number of rotatable bonds is 12. The van der Waals surface area contributed by atoms with Gasteiger partial charge in [-0.05, 0) is 67.1 Å². The fourth-order valence-electron chi connectivity index (χ4n) is 3.80. The molecule has 1 aromatic carbocycles. The summed E-state index contributed by atoms with van der Waals surface area (Å²) in [6.45, 7) is 6.46. The number of furan rings is 1. The van der Waals surface area contributed by atoms with Gasteiger partial charge in [-0.1, -0.05) is 6.07 Å². The van der Waals surface area contributed by atoms with E-state index in [0.717, 1.165) is 16.0 Å². The Morgan fingerprint density at radius 1 is 1.09 bits per heavy atom. The van der Waals surface area contributed by atoms with Crippen LogP contribution in [0.5, 0.6) is 11.5 Å². The van der Waals surface area contributed by atoms with Crippen molar-refractivity contribution in [3.63, 3.8) is 0 Å². The Kier molecular flexibility index (Phi) is 8.44. The molecule has 8 nitrogen and oxygen atoms in total. The van der Waals surface area contributed by atoms with Gasteiger partial charge in [0.1, 0.15) is 6.54 Å². The maximum atomic E-state index is 13.6. The van der Waals surface area contributed by atoms with E-state index in [4.69, 9.17) is 18.6 Å². The lowest BCUT2D eigenvalue weighted by molar-refractivity contribution is -0.133. The van der Waals surface area contributed by atoms with Crippen LogP contribution >= 0.6 is 11.3 Å². The van der Waals surface area contributed by atoms with Gasteiger partial charge in [-0.3, -0.25) is 9.59 Å². The van der Waals surface area contributed by atoms with Gasteiger partial charge in [-0.15, -0.1) is 11.3 Å². The molecule has 2 aromatic heterocycles. The molecule has 0 fully saturated rings. The number of amides is 2. The molecule has 186 valence electrons. The van der Waals surface area contributed by atoms with Crippen LogP contribution in [0.25, 0.3) is 0 Å². The van der Waals surface area contributed by atoms with E-state index in [-0.39, 0.29) is 30.9 Å². The van der Waals surface area contributed by atoms with Gasteiger partial charge >= 0.3 is 0 Å². The molecule has 0 N–H and O–H groups in total. The van der Waals surface area contributed by atoms with Crippen LogP contribution in [0.4, 0.5) is 0 Å². The number of hydrogen-bond donors (Lipinski definition) is 0. The topological polar surface area (TPSA) is 81.5 Å². The smallest absolute Gasteiger partial charge is 0.290 e. The van der Waals surface area contributed by atoms with E-state index >= 15 is 0 Å². The third-order valence-corrected chi connectivity index (χ3v) is 6.74. The van der Waals surface area contributed by atoms with E-state index in [1.165, 1.54) is 11.2 Å². The summed E-state index contributed by atoms with van der Waals surface area (Å²) in [5, 5.41) is 2.02. The SMILES string of the molecule is CCOCCCN(CC(=O)N(Cc1ccc2c(c1)OCO2)Cc1sccc1C)C(=O)c1ccco1. The Labute approximate surface area is 209 Å². The first kappa shape index (κ1) is 24.8. The monoisotopic (exact) mass is 498 g/mol. The highest BCUT2D eigenvalue weighted by Gasteiger charge is 2.25. The summed E-state index contributed by atoms with van der Waals surface area (Å²) in [7, 11) is 0. The van der Waals surface area contributed by atoms with Crippen molar-refractivity contribution in [3.8, 4) is 11.5 Å². The fourth-order valence-corrected chi connectivity index (χ4v) is 4.73. The van der Waals surface area contributed by atoms with Crippen LogP contribution < -0.4 is 9.47 Å². The highest BCUT2D eigenvalue weighted by Crippen LogP contribution is 2.33. The Balaban J connectivity index is 1.52. The number of hydrogen-bond acceptors (Lipinski definition) is 7. The lowest BCUT2D eigenvalue weighted by Crippen LogP contribution is -2.43. The predicted molar refractivity (Wildman–Crippen MR) is 132 cm³/mol. The summed E-state index contributed by atoms with van der Waals surface area (Å²) in [6.07, 6.45) is 2.08. The molecule has 4 rings (SSSR count). The van der Waals surface area contributed by atoms with Crippen molar-refractivity contribution >= 4 is 23.2 Å². The number of thiophene rings is 1. The third kappa shape index (κ3) is 6.43. The average molecular weight is 499 g/mol. The van der Waals surface area contributed by atoms with Crippen molar-refractivity contribution in [1.29, 1.82) is 0 Å². The molecule has 3 heterocycles. The molecule has 0 radical (unpaired) electrons. The maximum Gasteiger partial charge on any atom is 0.290 e. The molecular formula is C26H30N2O6S. The second kappa shape index (κ2) is 11.9. The molecule has 0 aliphatic carbocycles. The van der Waals surface area contributed by atoms with E-state index in [1.807, 2.05) is 43.5 Å². The molecule has 35 heavy (non-hydrogen) atoms. The molecule has 0 bridgehead atoms. The Morgan fingerprint density at radius 3 is 2.69 bits per heavy atom. The molecule has 1 aliphatic rings. The van der Waals surface area contributed by atoms with Crippen LogP contribution in [0.1, 0.15) is 39.9 Å². The molecular weight excluding hydrogens is 468 g/mol. The van der Waals surface area contributed by atoms with E-state index in [9.17, 15) is 9.59 Å². The van der Waals surface area contributed by atoms with Crippen molar-refractivity contribution < 1.29 is 28.2 Å². The lowest BCUT2D eigenvalue weighted by Gasteiger charge is -2.27. The first-order valence-electron chi connectivity index (χ1n) is 11.6. The van der Waals surface area contributed by atoms with Crippen LogP contribution in [0.2, 0.25) is 0 Å². The molecule has 0 spiro atoms. The Hall–Kier alpha value is -3.30. The summed E-state index contributed by atoms with van der Waals surface area (Å²) in [4.78, 5) is 31.1. The van der Waals surface area contributed by atoms with Gasteiger partial charge in [0.25, 0.3) is 5.91 Å². The molecule has 1 aliphatic heterocycles. The van der Waals surface area contributed by atoms with Gasteiger partial charge in [-0.25, -0.2) is 0 Å². The minimum atomic E-state index is -0.310. The van der Waals surface area contributed by atoms with Gasteiger partial charge in [0.05, 0.1) is 12.8 Å². The number of benzene rings is 1. The summed E-state index contributed by atoms with van der Waals surface area (Å²) in [6, 6.07) is 11.0. The second-order valence-electron chi connectivity index (χ2n) is 8.22. The predicted octanol–water partition coefficient (Wildman–Crippen LogP) is 4.48. The van der Waals surface area contributed by atoms with E-state index in [2.05, 4.69) is 0 Å². The third-order valence-electron chi connectivity index (χ3n) is 5.73. The molecule has 0 atom stereocenters. The Bertz CT molecular complexity index is 1130. The molecule has 2 amide bonds.